The van der Waals surface area contributed by atoms with Gasteiger partial charge in [0.2, 0.25) is 0 Å². The number of hydrazine groups is 1. The highest BCUT2D eigenvalue weighted by Gasteiger charge is 2.34. The fourth-order valence-electron chi connectivity index (χ4n) is 2.57. The minimum absolute atomic E-state index is 0.266. The standard InChI is InChI=1S/C14H27N3O3/c1-9-7-6-8-10(2)17(9)16-13(20)15-11(12(18)19)14(3,4)5/h9-11H,6-8H2,1-5H3,(H,18,19)(H2,15,16,20)/t9?,10?,11-/m1/s1. The first-order chi connectivity index (χ1) is 9.12. The number of rotatable bonds is 3. The van der Waals surface area contributed by atoms with Crippen molar-refractivity contribution in [3.8, 4) is 0 Å². The number of aliphatic carboxylic acids is 1. The number of hydrogen-bond acceptors (Lipinski definition) is 3. The lowest BCUT2D eigenvalue weighted by molar-refractivity contribution is -0.141. The maximum Gasteiger partial charge on any atom is 0.330 e. The lowest BCUT2D eigenvalue weighted by atomic mass is 9.87. The van der Waals surface area contributed by atoms with Gasteiger partial charge in [0.1, 0.15) is 6.04 Å². The van der Waals surface area contributed by atoms with Crippen molar-refractivity contribution >= 4 is 12.0 Å². The molecule has 20 heavy (non-hydrogen) atoms. The first kappa shape index (κ1) is 16.8. The molecule has 0 aromatic carbocycles. The van der Waals surface area contributed by atoms with Gasteiger partial charge < -0.3 is 10.4 Å². The summed E-state index contributed by atoms with van der Waals surface area (Å²) in [6.45, 7) is 9.50. The number of carboxylic acids is 1. The topological polar surface area (TPSA) is 81.7 Å². The van der Waals surface area contributed by atoms with E-state index in [9.17, 15) is 14.7 Å². The summed E-state index contributed by atoms with van der Waals surface area (Å²) in [4.78, 5) is 23.3. The summed E-state index contributed by atoms with van der Waals surface area (Å²) < 4.78 is 0. The molecule has 1 aliphatic heterocycles. The quantitative estimate of drug-likeness (QED) is 0.740. The zero-order chi connectivity index (χ0) is 15.5. The van der Waals surface area contributed by atoms with Crippen molar-refractivity contribution in [3.05, 3.63) is 0 Å². The molecule has 1 aliphatic rings. The molecule has 0 aromatic heterocycles. The second kappa shape index (κ2) is 6.43. The second-order valence-corrected chi connectivity index (χ2v) is 6.76. The van der Waals surface area contributed by atoms with E-state index in [2.05, 4.69) is 24.6 Å². The van der Waals surface area contributed by atoms with Gasteiger partial charge in [-0.15, -0.1) is 0 Å². The molecule has 3 atom stereocenters. The fourth-order valence-corrected chi connectivity index (χ4v) is 2.57. The molecule has 0 saturated carbocycles. The van der Waals surface area contributed by atoms with E-state index in [-0.39, 0.29) is 12.1 Å². The van der Waals surface area contributed by atoms with Gasteiger partial charge in [0.05, 0.1) is 0 Å². The Labute approximate surface area is 120 Å². The van der Waals surface area contributed by atoms with Crippen LogP contribution in [0.3, 0.4) is 0 Å². The third kappa shape index (κ3) is 4.37. The number of carbonyl (C=O) groups is 2. The summed E-state index contributed by atoms with van der Waals surface area (Å²) in [6, 6.07) is -0.837. The van der Waals surface area contributed by atoms with Gasteiger partial charge in [0, 0.05) is 12.1 Å². The lowest BCUT2D eigenvalue weighted by Crippen LogP contribution is -2.60. The van der Waals surface area contributed by atoms with E-state index in [4.69, 9.17) is 0 Å². The third-order valence-electron chi connectivity index (χ3n) is 3.81. The lowest BCUT2D eigenvalue weighted by Gasteiger charge is -2.39. The Bertz CT molecular complexity index is 355. The maximum atomic E-state index is 12.0. The molecule has 1 fully saturated rings. The van der Waals surface area contributed by atoms with Crippen molar-refractivity contribution in [1.82, 2.24) is 15.8 Å². The molecule has 2 unspecified atom stereocenters. The van der Waals surface area contributed by atoms with Crippen LogP contribution >= 0.6 is 0 Å². The van der Waals surface area contributed by atoms with E-state index in [0.717, 1.165) is 19.3 Å². The molecule has 6 heteroatoms. The summed E-state index contributed by atoms with van der Waals surface area (Å²) in [5.74, 6) is -1.02. The van der Waals surface area contributed by atoms with E-state index >= 15 is 0 Å². The van der Waals surface area contributed by atoms with Crippen LogP contribution in [0.15, 0.2) is 0 Å². The predicted molar refractivity (Wildman–Crippen MR) is 77.2 cm³/mol. The Kier molecular flexibility index (Phi) is 5.39. The van der Waals surface area contributed by atoms with E-state index in [1.165, 1.54) is 0 Å². The van der Waals surface area contributed by atoms with Crippen molar-refractivity contribution in [2.45, 2.75) is 72.0 Å². The minimum Gasteiger partial charge on any atom is -0.480 e. The summed E-state index contributed by atoms with van der Waals surface area (Å²) >= 11 is 0. The molecule has 1 rings (SSSR count). The molecule has 0 spiro atoms. The Hall–Kier alpha value is -1.30. The summed E-state index contributed by atoms with van der Waals surface area (Å²) in [5.41, 5.74) is 2.26. The number of hydrogen-bond donors (Lipinski definition) is 3. The Morgan fingerprint density at radius 2 is 1.70 bits per heavy atom. The molecule has 0 aromatic rings. The highest BCUT2D eigenvalue weighted by molar-refractivity contribution is 5.82. The smallest absolute Gasteiger partial charge is 0.330 e. The normalized spacial score (nSPS) is 25.9. The Morgan fingerprint density at radius 1 is 1.20 bits per heavy atom. The van der Waals surface area contributed by atoms with Crippen LogP contribution in [0.5, 0.6) is 0 Å². The minimum atomic E-state index is -1.02. The van der Waals surface area contributed by atoms with Crippen LogP contribution in [-0.4, -0.2) is 40.2 Å². The van der Waals surface area contributed by atoms with Gasteiger partial charge in [-0.1, -0.05) is 27.2 Å². The van der Waals surface area contributed by atoms with Gasteiger partial charge in [0.15, 0.2) is 0 Å². The van der Waals surface area contributed by atoms with Crippen molar-refractivity contribution in [2.24, 2.45) is 5.41 Å². The third-order valence-corrected chi connectivity index (χ3v) is 3.81. The van der Waals surface area contributed by atoms with Crippen molar-refractivity contribution in [2.75, 3.05) is 0 Å². The monoisotopic (exact) mass is 285 g/mol. The van der Waals surface area contributed by atoms with E-state index in [0.29, 0.717) is 0 Å². The first-order valence-corrected chi connectivity index (χ1v) is 7.21. The van der Waals surface area contributed by atoms with Crippen molar-refractivity contribution < 1.29 is 14.7 Å². The number of urea groups is 1. The molecule has 116 valence electrons. The molecule has 3 N–H and O–H groups in total. The molecule has 1 heterocycles. The average molecular weight is 285 g/mol. The SMILES string of the molecule is CC1CCCC(C)N1NC(=O)N[C@H](C(=O)O)C(C)(C)C. The Balaban J connectivity index is 2.64. The van der Waals surface area contributed by atoms with Crippen LogP contribution in [0.1, 0.15) is 53.9 Å². The molecule has 0 bridgehead atoms. The number of carboxylic acid groups (broad SMARTS) is 1. The van der Waals surface area contributed by atoms with Gasteiger partial charge >= 0.3 is 12.0 Å². The van der Waals surface area contributed by atoms with Gasteiger partial charge in [-0.2, -0.15) is 0 Å². The number of nitrogens with one attached hydrogen (secondary N) is 2. The molecule has 2 amide bonds. The predicted octanol–water partition coefficient (Wildman–Crippen LogP) is 1.96. The van der Waals surface area contributed by atoms with E-state index in [1.54, 1.807) is 20.8 Å². The molecular formula is C14H27N3O3. The van der Waals surface area contributed by atoms with Crippen LogP contribution in [0.4, 0.5) is 4.79 Å². The number of amides is 2. The number of carbonyl (C=O) groups excluding carboxylic acids is 1. The summed E-state index contributed by atoms with van der Waals surface area (Å²) in [7, 11) is 0. The van der Waals surface area contributed by atoms with Crippen LogP contribution < -0.4 is 10.7 Å². The average Bonchev–Trinajstić information content (AvgIpc) is 2.29. The van der Waals surface area contributed by atoms with Gasteiger partial charge in [0.25, 0.3) is 0 Å². The first-order valence-electron chi connectivity index (χ1n) is 7.21. The van der Waals surface area contributed by atoms with Crippen molar-refractivity contribution in [1.29, 1.82) is 0 Å². The largest absolute Gasteiger partial charge is 0.480 e. The van der Waals surface area contributed by atoms with Gasteiger partial charge in [-0.05, 0) is 32.1 Å². The summed E-state index contributed by atoms with van der Waals surface area (Å²) in [6.07, 6.45) is 3.22. The highest BCUT2D eigenvalue weighted by Crippen LogP contribution is 2.21. The molecule has 0 radical (unpaired) electrons. The Morgan fingerprint density at radius 3 is 2.10 bits per heavy atom. The maximum absolute atomic E-state index is 12.0. The van der Waals surface area contributed by atoms with Crippen LogP contribution in [-0.2, 0) is 4.79 Å². The van der Waals surface area contributed by atoms with E-state index < -0.39 is 23.5 Å². The molecule has 6 nitrogen and oxygen atoms in total. The number of piperidine rings is 1. The molecule has 1 saturated heterocycles. The zero-order valence-electron chi connectivity index (χ0n) is 13.1. The van der Waals surface area contributed by atoms with Crippen molar-refractivity contribution in [3.63, 3.8) is 0 Å². The van der Waals surface area contributed by atoms with E-state index in [1.807, 2.05) is 5.01 Å². The summed E-state index contributed by atoms with van der Waals surface area (Å²) in [5, 5.41) is 13.7. The van der Waals surface area contributed by atoms with Crippen LogP contribution in [0, 0.1) is 5.41 Å². The fraction of sp³-hybridized carbons (Fsp3) is 0.857. The zero-order valence-corrected chi connectivity index (χ0v) is 13.1. The molecular weight excluding hydrogens is 258 g/mol. The van der Waals surface area contributed by atoms with Gasteiger partial charge in [-0.25, -0.2) is 14.6 Å². The molecule has 0 aliphatic carbocycles. The second-order valence-electron chi connectivity index (χ2n) is 6.76. The number of nitrogens with zero attached hydrogens (tertiary/aromatic N) is 1. The highest BCUT2D eigenvalue weighted by atomic mass is 16.4. The van der Waals surface area contributed by atoms with Gasteiger partial charge in [-0.3, -0.25) is 5.43 Å². The van der Waals surface area contributed by atoms with Crippen LogP contribution in [0.25, 0.3) is 0 Å². The van der Waals surface area contributed by atoms with Crippen LogP contribution in [0.2, 0.25) is 0 Å².